The first-order chi connectivity index (χ1) is 9.47. The van der Waals surface area contributed by atoms with Gasteiger partial charge in [0.25, 0.3) is 0 Å². The molecule has 106 valence electrons. The number of hydrogen-bond donors (Lipinski definition) is 1. The smallest absolute Gasteiger partial charge is 0.124 e. The summed E-state index contributed by atoms with van der Waals surface area (Å²) in [6, 6.07) is 7.79. The number of nitrogens with two attached hydrogens (primary N) is 1. The number of ether oxygens (including phenoxy) is 1. The molecule has 0 spiro atoms. The summed E-state index contributed by atoms with van der Waals surface area (Å²) in [6.07, 6.45) is 0. The predicted molar refractivity (Wildman–Crippen MR) is 74.7 cm³/mol. The summed E-state index contributed by atoms with van der Waals surface area (Å²) in [5, 5.41) is 0.413. The van der Waals surface area contributed by atoms with Crippen molar-refractivity contribution in [3.8, 4) is 5.75 Å². The standard InChI is InChI=1S/C15H14ClF2NO/c1-9(19)13-7-12(18)3-5-15(13)20-8-10-6-11(17)2-4-14(10)16/h2-7,9H,8,19H2,1H3/t9-/m1/s1. The second-order valence-electron chi connectivity index (χ2n) is 4.50. The Labute approximate surface area is 121 Å². The van der Waals surface area contributed by atoms with Crippen LogP contribution in [0.4, 0.5) is 8.78 Å². The maximum absolute atomic E-state index is 13.2. The van der Waals surface area contributed by atoms with Crippen molar-refractivity contribution in [3.63, 3.8) is 0 Å². The van der Waals surface area contributed by atoms with Crippen LogP contribution in [0.15, 0.2) is 36.4 Å². The van der Waals surface area contributed by atoms with Crippen LogP contribution in [0.1, 0.15) is 24.1 Å². The summed E-state index contributed by atoms with van der Waals surface area (Å²) in [7, 11) is 0. The monoisotopic (exact) mass is 297 g/mol. The molecule has 0 aromatic heterocycles. The van der Waals surface area contributed by atoms with Crippen LogP contribution in [0.5, 0.6) is 5.75 Å². The van der Waals surface area contributed by atoms with Crippen molar-refractivity contribution in [1.29, 1.82) is 0 Å². The van der Waals surface area contributed by atoms with E-state index in [1.807, 2.05) is 0 Å². The first-order valence-corrected chi connectivity index (χ1v) is 6.47. The van der Waals surface area contributed by atoms with Crippen LogP contribution < -0.4 is 10.5 Å². The highest BCUT2D eigenvalue weighted by molar-refractivity contribution is 6.31. The van der Waals surface area contributed by atoms with Crippen molar-refractivity contribution in [3.05, 3.63) is 64.2 Å². The molecule has 1 atom stereocenters. The lowest BCUT2D eigenvalue weighted by Crippen LogP contribution is -2.08. The Morgan fingerprint density at radius 3 is 2.50 bits per heavy atom. The number of rotatable bonds is 4. The minimum absolute atomic E-state index is 0.0853. The third kappa shape index (κ3) is 3.46. The van der Waals surface area contributed by atoms with Crippen LogP contribution in [0.2, 0.25) is 5.02 Å². The van der Waals surface area contributed by atoms with E-state index in [-0.39, 0.29) is 24.3 Å². The molecular weight excluding hydrogens is 284 g/mol. The predicted octanol–water partition coefficient (Wildman–Crippen LogP) is 4.22. The highest BCUT2D eigenvalue weighted by Crippen LogP contribution is 2.26. The Hall–Kier alpha value is -1.65. The van der Waals surface area contributed by atoms with E-state index in [1.54, 1.807) is 6.92 Å². The van der Waals surface area contributed by atoms with E-state index in [2.05, 4.69) is 0 Å². The molecule has 0 fully saturated rings. The van der Waals surface area contributed by atoms with Gasteiger partial charge in [0.2, 0.25) is 0 Å². The summed E-state index contributed by atoms with van der Waals surface area (Å²) in [5.41, 5.74) is 6.85. The van der Waals surface area contributed by atoms with Crippen LogP contribution in [0.3, 0.4) is 0 Å². The molecule has 2 aromatic carbocycles. The van der Waals surface area contributed by atoms with E-state index in [9.17, 15) is 8.78 Å². The Kier molecular flexibility index (Phi) is 4.57. The van der Waals surface area contributed by atoms with Gasteiger partial charge in [-0.05, 0) is 43.3 Å². The normalized spacial score (nSPS) is 12.2. The maximum Gasteiger partial charge on any atom is 0.124 e. The minimum Gasteiger partial charge on any atom is -0.489 e. The molecule has 0 unspecified atom stereocenters. The second kappa shape index (κ2) is 6.20. The molecule has 0 heterocycles. The van der Waals surface area contributed by atoms with Gasteiger partial charge in [-0.25, -0.2) is 8.78 Å². The van der Waals surface area contributed by atoms with Gasteiger partial charge in [-0.1, -0.05) is 11.6 Å². The molecule has 0 radical (unpaired) electrons. The number of hydrogen-bond acceptors (Lipinski definition) is 2. The third-order valence-corrected chi connectivity index (χ3v) is 3.22. The zero-order valence-electron chi connectivity index (χ0n) is 10.9. The fourth-order valence-electron chi connectivity index (χ4n) is 1.82. The molecule has 2 N–H and O–H groups in total. The van der Waals surface area contributed by atoms with Gasteiger partial charge >= 0.3 is 0 Å². The Balaban J connectivity index is 2.20. The molecule has 0 amide bonds. The Morgan fingerprint density at radius 1 is 1.15 bits per heavy atom. The number of halogens is 3. The molecule has 0 aliphatic heterocycles. The van der Waals surface area contributed by atoms with Gasteiger partial charge in [0.1, 0.15) is 24.0 Å². The second-order valence-corrected chi connectivity index (χ2v) is 4.90. The van der Waals surface area contributed by atoms with Gasteiger partial charge in [-0.3, -0.25) is 0 Å². The first-order valence-electron chi connectivity index (χ1n) is 6.09. The van der Waals surface area contributed by atoms with E-state index in [4.69, 9.17) is 22.1 Å². The van der Waals surface area contributed by atoms with Crippen molar-refractivity contribution in [2.24, 2.45) is 5.73 Å². The molecule has 20 heavy (non-hydrogen) atoms. The van der Waals surface area contributed by atoms with Crippen LogP contribution in [0, 0.1) is 11.6 Å². The minimum atomic E-state index is -0.389. The largest absolute Gasteiger partial charge is 0.489 e. The molecule has 2 rings (SSSR count). The molecule has 0 saturated heterocycles. The fraction of sp³-hybridized carbons (Fsp3) is 0.200. The molecule has 2 aromatic rings. The highest BCUT2D eigenvalue weighted by atomic mass is 35.5. The van der Waals surface area contributed by atoms with E-state index in [0.29, 0.717) is 21.9 Å². The average molecular weight is 298 g/mol. The summed E-state index contributed by atoms with van der Waals surface area (Å²) in [4.78, 5) is 0. The third-order valence-electron chi connectivity index (χ3n) is 2.85. The molecular formula is C15H14ClF2NO. The molecule has 0 bridgehead atoms. The Morgan fingerprint density at radius 2 is 1.80 bits per heavy atom. The molecule has 0 aliphatic carbocycles. The summed E-state index contributed by atoms with van der Waals surface area (Å²) in [5.74, 6) is -0.310. The topological polar surface area (TPSA) is 35.2 Å². The van der Waals surface area contributed by atoms with Crippen molar-refractivity contribution >= 4 is 11.6 Å². The van der Waals surface area contributed by atoms with Crippen molar-refractivity contribution in [1.82, 2.24) is 0 Å². The van der Waals surface area contributed by atoms with Crippen LogP contribution >= 0.6 is 11.6 Å². The molecule has 0 saturated carbocycles. The van der Waals surface area contributed by atoms with Crippen molar-refractivity contribution in [2.75, 3.05) is 0 Å². The zero-order chi connectivity index (χ0) is 14.7. The first kappa shape index (κ1) is 14.8. The van der Waals surface area contributed by atoms with Gasteiger partial charge < -0.3 is 10.5 Å². The zero-order valence-corrected chi connectivity index (χ0v) is 11.6. The van der Waals surface area contributed by atoms with Gasteiger partial charge in [-0.2, -0.15) is 0 Å². The molecule has 0 aliphatic rings. The summed E-state index contributed by atoms with van der Waals surface area (Å²) >= 11 is 5.96. The van der Waals surface area contributed by atoms with E-state index < -0.39 is 0 Å². The maximum atomic E-state index is 13.2. The average Bonchev–Trinajstić information content (AvgIpc) is 2.40. The highest BCUT2D eigenvalue weighted by Gasteiger charge is 2.11. The van der Waals surface area contributed by atoms with Crippen LogP contribution in [-0.2, 0) is 6.61 Å². The van der Waals surface area contributed by atoms with Gasteiger partial charge in [0, 0.05) is 22.2 Å². The van der Waals surface area contributed by atoms with Gasteiger partial charge in [0.15, 0.2) is 0 Å². The lowest BCUT2D eigenvalue weighted by molar-refractivity contribution is 0.300. The van der Waals surface area contributed by atoms with Gasteiger partial charge in [-0.15, -0.1) is 0 Å². The molecule has 5 heteroatoms. The van der Waals surface area contributed by atoms with Crippen LogP contribution in [0.25, 0.3) is 0 Å². The fourth-order valence-corrected chi connectivity index (χ4v) is 1.99. The number of benzene rings is 2. The summed E-state index contributed by atoms with van der Waals surface area (Å²) < 4.78 is 31.9. The van der Waals surface area contributed by atoms with Gasteiger partial charge in [0.05, 0.1) is 0 Å². The quantitative estimate of drug-likeness (QED) is 0.917. The van der Waals surface area contributed by atoms with Crippen LogP contribution in [-0.4, -0.2) is 0 Å². The molecule has 2 nitrogen and oxygen atoms in total. The van der Waals surface area contributed by atoms with E-state index in [0.717, 1.165) is 0 Å². The van der Waals surface area contributed by atoms with E-state index in [1.165, 1.54) is 36.4 Å². The van der Waals surface area contributed by atoms with Crippen molar-refractivity contribution < 1.29 is 13.5 Å². The van der Waals surface area contributed by atoms with Crippen molar-refractivity contribution in [2.45, 2.75) is 19.6 Å². The van der Waals surface area contributed by atoms with E-state index >= 15 is 0 Å². The lowest BCUT2D eigenvalue weighted by atomic mass is 10.1. The lowest BCUT2D eigenvalue weighted by Gasteiger charge is -2.14. The summed E-state index contributed by atoms with van der Waals surface area (Å²) in [6.45, 7) is 1.82. The SMILES string of the molecule is C[C@@H](N)c1cc(F)ccc1OCc1cc(F)ccc1Cl. The Bertz CT molecular complexity index is 617.